The molecule has 8 nitrogen and oxygen atoms in total. The number of rotatable bonds is 4. The van der Waals surface area contributed by atoms with E-state index in [0.717, 1.165) is 5.56 Å². The molecule has 3 amide bonds. The lowest BCUT2D eigenvalue weighted by Gasteiger charge is -2.18. The average Bonchev–Trinajstić information content (AvgIpc) is 2.75. The van der Waals surface area contributed by atoms with Crippen molar-refractivity contribution in [1.82, 2.24) is 16.2 Å². The number of benzene rings is 2. The minimum absolute atomic E-state index is 0.185. The third-order valence-corrected chi connectivity index (χ3v) is 3.93. The largest absolute Gasteiger partial charge is 0.486 e. The van der Waals surface area contributed by atoms with Crippen molar-refractivity contribution < 1.29 is 23.9 Å². The quantitative estimate of drug-likeness (QED) is 0.547. The molecule has 1 aliphatic rings. The van der Waals surface area contributed by atoms with Crippen LogP contribution in [0.25, 0.3) is 6.08 Å². The highest BCUT2D eigenvalue weighted by Crippen LogP contribution is 2.30. The zero-order valence-electron chi connectivity index (χ0n) is 15.2. The molecule has 1 heterocycles. The molecule has 0 spiro atoms. The molecule has 3 rings (SSSR count). The van der Waals surface area contributed by atoms with Crippen LogP contribution in [0.3, 0.4) is 0 Å². The van der Waals surface area contributed by atoms with Crippen LogP contribution in [0, 0.1) is 0 Å². The molecule has 8 heteroatoms. The zero-order chi connectivity index (χ0) is 19.9. The van der Waals surface area contributed by atoms with Gasteiger partial charge in [0.2, 0.25) is 0 Å². The number of hydrogen-bond donors (Lipinski definition) is 3. The predicted octanol–water partition coefficient (Wildman–Crippen LogP) is 1.29. The number of hydrogen-bond acceptors (Lipinski definition) is 5. The Balaban J connectivity index is 1.53. The van der Waals surface area contributed by atoms with Gasteiger partial charge in [0.1, 0.15) is 13.2 Å². The highest BCUT2D eigenvalue weighted by atomic mass is 16.6. The first-order chi connectivity index (χ1) is 13.6. The van der Waals surface area contributed by atoms with E-state index in [1.165, 1.54) is 6.08 Å². The number of nitrogens with one attached hydrogen (secondary N) is 3. The van der Waals surface area contributed by atoms with Crippen molar-refractivity contribution in [2.24, 2.45) is 0 Å². The van der Waals surface area contributed by atoms with Crippen LogP contribution in [0.1, 0.15) is 26.3 Å². The van der Waals surface area contributed by atoms with Crippen molar-refractivity contribution in [2.75, 3.05) is 20.3 Å². The standard InChI is InChI=1S/C20H19N3O5/c1-21-19(25)14-5-2-13(3-6-14)4-9-18(24)22-23-20(26)15-7-8-16-17(12-15)28-11-10-27-16/h2-9,12H,10-11H2,1H3,(H,21,25)(H,22,24)(H,23,26)/b9-4+. The number of carbonyl (C=O) groups excluding carboxylic acids is 3. The zero-order valence-corrected chi connectivity index (χ0v) is 15.2. The summed E-state index contributed by atoms with van der Waals surface area (Å²) in [5.41, 5.74) is 6.24. The van der Waals surface area contributed by atoms with E-state index < -0.39 is 11.8 Å². The van der Waals surface area contributed by atoms with E-state index in [1.807, 2.05) is 0 Å². The molecule has 0 saturated carbocycles. The monoisotopic (exact) mass is 381 g/mol. The molecule has 0 fully saturated rings. The molecule has 0 radical (unpaired) electrons. The van der Waals surface area contributed by atoms with Crippen molar-refractivity contribution in [3.8, 4) is 11.5 Å². The van der Waals surface area contributed by atoms with Gasteiger partial charge in [0.15, 0.2) is 11.5 Å². The Bertz CT molecular complexity index is 922. The highest BCUT2D eigenvalue weighted by molar-refractivity contribution is 5.98. The summed E-state index contributed by atoms with van der Waals surface area (Å²) in [5.74, 6) is -0.0902. The SMILES string of the molecule is CNC(=O)c1ccc(/C=C/C(=O)NNC(=O)c2ccc3c(c2)OCCO3)cc1. The highest BCUT2D eigenvalue weighted by Gasteiger charge is 2.15. The first-order valence-electron chi connectivity index (χ1n) is 8.57. The van der Waals surface area contributed by atoms with Crippen LogP contribution in [0.2, 0.25) is 0 Å². The minimum atomic E-state index is -0.499. The summed E-state index contributed by atoms with van der Waals surface area (Å²) in [4.78, 5) is 35.5. The van der Waals surface area contributed by atoms with Crippen molar-refractivity contribution in [2.45, 2.75) is 0 Å². The molecular weight excluding hydrogens is 362 g/mol. The number of fused-ring (bicyclic) bond motifs is 1. The minimum Gasteiger partial charge on any atom is -0.486 e. The van der Waals surface area contributed by atoms with Crippen LogP contribution in [-0.2, 0) is 4.79 Å². The van der Waals surface area contributed by atoms with Gasteiger partial charge in [-0.05, 0) is 42.0 Å². The van der Waals surface area contributed by atoms with Crippen LogP contribution in [0.15, 0.2) is 48.5 Å². The molecule has 0 saturated heterocycles. The molecule has 0 bridgehead atoms. The third-order valence-electron chi connectivity index (χ3n) is 3.93. The Kier molecular flexibility index (Phi) is 5.91. The molecule has 0 aromatic heterocycles. The fourth-order valence-electron chi connectivity index (χ4n) is 2.48. The molecule has 0 atom stereocenters. The topological polar surface area (TPSA) is 106 Å². The van der Waals surface area contributed by atoms with Crippen molar-refractivity contribution >= 4 is 23.8 Å². The fraction of sp³-hybridized carbons (Fsp3) is 0.150. The number of amides is 3. The first-order valence-corrected chi connectivity index (χ1v) is 8.57. The van der Waals surface area contributed by atoms with Crippen LogP contribution in [-0.4, -0.2) is 38.0 Å². The summed E-state index contributed by atoms with van der Waals surface area (Å²) in [5, 5.41) is 2.53. The van der Waals surface area contributed by atoms with E-state index in [4.69, 9.17) is 9.47 Å². The Hall–Kier alpha value is -3.81. The van der Waals surface area contributed by atoms with Crippen LogP contribution < -0.4 is 25.6 Å². The summed E-state index contributed by atoms with van der Waals surface area (Å²) >= 11 is 0. The van der Waals surface area contributed by atoms with E-state index in [1.54, 1.807) is 55.6 Å². The summed E-state index contributed by atoms with van der Waals surface area (Å²) in [6, 6.07) is 11.5. The van der Waals surface area contributed by atoms with Gasteiger partial charge in [-0.25, -0.2) is 0 Å². The third kappa shape index (κ3) is 4.67. The second-order valence-electron chi connectivity index (χ2n) is 5.84. The van der Waals surface area contributed by atoms with Gasteiger partial charge >= 0.3 is 0 Å². The van der Waals surface area contributed by atoms with Gasteiger partial charge in [0.05, 0.1) is 0 Å². The molecule has 1 aliphatic heterocycles. The molecule has 0 unspecified atom stereocenters. The number of ether oxygens (including phenoxy) is 2. The lowest BCUT2D eigenvalue weighted by molar-refractivity contribution is -0.117. The van der Waals surface area contributed by atoms with Crippen molar-refractivity contribution in [3.05, 3.63) is 65.2 Å². The first kappa shape index (κ1) is 19.0. The molecule has 28 heavy (non-hydrogen) atoms. The second-order valence-corrected chi connectivity index (χ2v) is 5.84. The average molecular weight is 381 g/mol. The second kappa shape index (κ2) is 8.72. The van der Waals surface area contributed by atoms with Gasteiger partial charge in [0, 0.05) is 24.3 Å². The number of hydrazine groups is 1. The summed E-state index contributed by atoms with van der Waals surface area (Å²) in [6.07, 6.45) is 2.85. The van der Waals surface area contributed by atoms with E-state index in [2.05, 4.69) is 16.2 Å². The lowest BCUT2D eigenvalue weighted by atomic mass is 10.1. The smallest absolute Gasteiger partial charge is 0.269 e. The maximum atomic E-state index is 12.2. The Morgan fingerprint density at radius 1 is 0.857 bits per heavy atom. The molecule has 2 aromatic rings. The molecule has 3 N–H and O–H groups in total. The van der Waals surface area contributed by atoms with Gasteiger partial charge in [-0.3, -0.25) is 25.2 Å². The van der Waals surface area contributed by atoms with Crippen molar-refractivity contribution in [1.29, 1.82) is 0 Å². The molecule has 144 valence electrons. The van der Waals surface area contributed by atoms with Gasteiger partial charge < -0.3 is 14.8 Å². The van der Waals surface area contributed by atoms with Crippen molar-refractivity contribution in [3.63, 3.8) is 0 Å². The maximum Gasteiger partial charge on any atom is 0.269 e. The fourth-order valence-corrected chi connectivity index (χ4v) is 2.48. The Morgan fingerprint density at radius 3 is 2.25 bits per heavy atom. The van der Waals surface area contributed by atoms with Gasteiger partial charge in [0.25, 0.3) is 17.7 Å². The summed E-state index contributed by atoms with van der Waals surface area (Å²) in [6.45, 7) is 0.888. The van der Waals surface area contributed by atoms with E-state index in [9.17, 15) is 14.4 Å². The number of carbonyl (C=O) groups is 3. The maximum absolute atomic E-state index is 12.2. The van der Waals surface area contributed by atoms with E-state index in [-0.39, 0.29) is 5.91 Å². The summed E-state index contributed by atoms with van der Waals surface area (Å²) < 4.78 is 10.8. The van der Waals surface area contributed by atoms with E-state index >= 15 is 0 Å². The van der Waals surface area contributed by atoms with Crippen LogP contribution in [0.5, 0.6) is 11.5 Å². The summed E-state index contributed by atoms with van der Waals surface area (Å²) in [7, 11) is 1.56. The van der Waals surface area contributed by atoms with Crippen LogP contribution in [0.4, 0.5) is 0 Å². The normalized spacial score (nSPS) is 12.3. The molecular formula is C20H19N3O5. The van der Waals surface area contributed by atoms with Gasteiger partial charge in [-0.2, -0.15) is 0 Å². The predicted molar refractivity (Wildman–Crippen MR) is 102 cm³/mol. The lowest BCUT2D eigenvalue weighted by Crippen LogP contribution is -2.40. The van der Waals surface area contributed by atoms with Crippen LogP contribution >= 0.6 is 0 Å². The Morgan fingerprint density at radius 2 is 1.54 bits per heavy atom. The molecule has 2 aromatic carbocycles. The van der Waals surface area contributed by atoms with E-state index in [0.29, 0.717) is 35.8 Å². The van der Waals surface area contributed by atoms with Gasteiger partial charge in [-0.15, -0.1) is 0 Å². The van der Waals surface area contributed by atoms with Gasteiger partial charge in [-0.1, -0.05) is 12.1 Å². The Labute approximate surface area is 161 Å². The molecule has 0 aliphatic carbocycles.